The molecular weight excluding hydrogens is 319 g/mol. The molecule has 1 N–H and O–H groups in total. The number of benzene rings is 1. The lowest BCUT2D eigenvalue weighted by Gasteiger charge is -2.09. The molecule has 2 rings (SSSR count). The fourth-order valence-corrected chi connectivity index (χ4v) is 2.15. The van der Waals surface area contributed by atoms with Crippen molar-refractivity contribution in [3.8, 4) is 0 Å². The molecule has 0 bridgehead atoms. The number of thiophene rings is 1. The molecule has 1 amide bonds. The molecule has 1 aromatic carbocycles. The molecule has 0 saturated carbocycles. The largest absolute Gasteiger partial charge is 0.451 e. The van der Waals surface area contributed by atoms with Crippen molar-refractivity contribution >= 4 is 28.9 Å². The molecular formula is C14H10F3NO3S. The number of nitrogens with one attached hydrogen (secondary N) is 1. The molecule has 0 aliphatic carbocycles. The Morgan fingerprint density at radius 3 is 2.36 bits per heavy atom. The number of hydrogen-bond acceptors (Lipinski definition) is 4. The highest BCUT2D eigenvalue weighted by molar-refractivity contribution is 7.11. The second-order valence-corrected chi connectivity index (χ2v) is 5.12. The van der Waals surface area contributed by atoms with Gasteiger partial charge in [0.1, 0.15) is 4.88 Å². The van der Waals surface area contributed by atoms with Gasteiger partial charge in [0.2, 0.25) is 0 Å². The molecule has 0 aliphatic heterocycles. The normalized spacial score (nSPS) is 11.0. The molecule has 22 heavy (non-hydrogen) atoms. The average molecular weight is 329 g/mol. The van der Waals surface area contributed by atoms with Crippen LogP contribution in [-0.4, -0.2) is 18.5 Å². The minimum absolute atomic E-state index is 0.185. The van der Waals surface area contributed by atoms with Gasteiger partial charge in [-0.2, -0.15) is 13.2 Å². The van der Waals surface area contributed by atoms with Gasteiger partial charge in [0, 0.05) is 5.69 Å². The number of carbonyl (C=O) groups is 2. The summed E-state index contributed by atoms with van der Waals surface area (Å²) >= 11 is 1.18. The smallest absolute Gasteiger partial charge is 0.416 e. The van der Waals surface area contributed by atoms with E-state index in [1.54, 1.807) is 17.5 Å². The minimum atomic E-state index is -4.43. The van der Waals surface area contributed by atoms with Crippen LogP contribution in [0.3, 0.4) is 0 Å². The molecule has 0 aliphatic rings. The third-order valence-corrected chi connectivity index (χ3v) is 3.40. The summed E-state index contributed by atoms with van der Waals surface area (Å²) in [5.74, 6) is -1.26. The summed E-state index contributed by atoms with van der Waals surface area (Å²) in [5, 5.41) is 4.03. The van der Waals surface area contributed by atoms with Gasteiger partial charge in [0.25, 0.3) is 5.91 Å². The second-order valence-electron chi connectivity index (χ2n) is 4.18. The van der Waals surface area contributed by atoms with Crippen LogP contribution in [0.15, 0.2) is 41.8 Å². The van der Waals surface area contributed by atoms with Crippen LogP contribution in [0.4, 0.5) is 18.9 Å². The lowest BCUT2D eigenvalue weighted by atomic mass is 10.2. The number of anilines is 1. The Hall–Kier alpha value is -2.35. The molecule has 0 fully saturated rings. The quantitative estimate of drug-likeness (QED) is 0.873. The number of esters is 1. The summed E-state index contributed by atoms with van der Waals surface area (Å²) in [4.78, 5) is 23.4. The summed E-state index contributed by atoms with van der Waals surface area (Å²) in [5.41, 5.74) is -0.625. The highest BCUT2D eigenvalue weighted by atomic mass is 32.1. The van der Waals surface area contributed by atoms with Gasteiger partial charge in [-0.05, 0) is 35.7 Å². The summed E-state index contributed by atoms with van der Waals surface area (Å²) in [6.45, 7) is -0.516. The van der Waals surface area contributed by atoms with Gasteiger partial charge in [-0.3, -0.25) is 4.79 Å². The molecule has 1 aromatic heterocycles. The van der Waals surface area contributed by atoms with Gasteiger partial charge in [0.05, 0.1) is 5.56 Å². The first-order chi connectivity index (χ1) is 10.4. The topological polar surface area (TPSA) is 55.4 Å². The van der Waals surface area contributed by atoms with Crippen LogP contribution in [0, 0.1) is 0 Å². The number of alkyl halides is 3. The van der Waals surface area contributed by atoms with Crippen molar-refractivity contribution in [2.75, 3.05) is 11.9 Å². The Balaban J connectivity index is 1.86. The molecule has 116 valence electrons. The molecule has 2 aromatic rings. The van der Waals surface area contributed by atoms with E-state index in [9.17, 15) is 22.8 Å². The van der Waals surface area contributed by atoms with Gasteiger partial charge in [-0.15, -0.1) is 11.3 Å². The summed E-state index contributed by atoms with van der Waals surface area (Å²) in [7, 11) is 0. The Kier molecular flexibility index (Phi) is 4.81. The monoisotopic (exact) mass is 329 g/mol. The van der Waals surface area contributed by atoms with Gasteiger partial charge in [-0.1, -0.05) is 6.07 Å². The summed E-state index contributed by atoms with van der Waals surface area (Å²) < 4.78 is 41.9. The van der Waals surface area contributed by atoms with Crippen LogP contribution in [-0.2, 0) is 15.7 Å². The zero-order chi connectivity index (χ0) is 16.2. The lowest BCUT2D eigenvalue weighted by Crippen LogP contribution is -2.20. The van der Waals surface area contributed by atoms with Crippen LogP contribution in [0.5, 0.6) is 0 Å². The molecule has 0 unspecified atom stereocenters. The van der Waals surface area contributed by atoms with E-state index >= 15 is 0 Å². The maximum Gasteiger partial charge on any atom is 0.416 e. The van der Waals surface area contributed by atoms with Gasteiger partial charge < -0.3 is 10.1 Å². The molecule has 8 heteroatoms. The van der Waals surface area contributed by atoms with Crippen molar-refractivity contribution in [1.82, 2.24) is 0 Å². The number of amides is 1. The van der Waals surface area contributed by atoms with Crippen LogP contribution in [0.25, 0.3) is 0 Å². The molecule has 0 radical (unpaired) electrons. The predicted molar refractivity (Wildman–Crippen MR) is 74.7 cm³/mol. The van der Waals surface area contributed by atoms with Crippen molar-refractivity contribution in [3.63, 3.8) is 0 Å². The number of hydrogen-bond donors (Lipinski definition) is 1. The SMILES string of the molecule is O=C(COC(=O)c1cccs1)Nc1ccc(C(F)(F)F)cc1. The van der Waals surface area contributed by atoms with Crippen LogP contribution >= 0.6 is 11.3 Å². The zero-order valence-electron chi connectivity index (χ0n) is 11.0. The van der Waals surface area contributed by atoms with Crippen LogP contribution in [0.2, 0.25) is 0 Å². The maximum absolute atomic E-state index is 12.4. The average Bonchev–Trinajstić information content (AvgIpc) is 2.98. The van der Waals surface area contributed by atoms with Crippen molar-refractivity contribution in [2.45, 2.75) is 6.18 Å². The van der Waals surface area contributed by atoms with E-state index in [-0.39, 0.29) is 5.69 Å². The second kappa shape index (κ2) is 6.61. The highest BCUT2D eigenvalue weighted by Crippen LogP contribution is 2.29. The number of halogens is 3. The van der Waals surface area contributed by atoms with Gasteiger partial charge >= 0.3 is 12.1 Å². The van der Waals surface area contributed by atoms with Crippen molar-refractivity contribution < 1.29 is 27.5 Å². The third-order valence-electron chi connectivity index (χ3n) is 2.55. The molecule has 4 nitrogen and oxygen atoms in total. The van der Waals surface area contributed by atoms with Crippen LogP contribution in [0.1, 0.15) is 15.2 Å². The minimum Gasteiger partial charge on any atom is -0.451 e. The first-order valence-electron chi connectivity index (χ1n) is 6.04. The fraction of sp³-hybridized carbons (Fsp3) is 0.143. The van der Waals surface area contributed by atoms with Gasteiger partial charge in [-0.25, -0.2) is 4.79 Å². The number of ether oxygens (including phenoxy) is 1. The van der Waals surface area contributed by atoms with E-state index < -0.39 is 30.2 Å². The van der Waals surface area contributed by atoms with Crippen molar-refractivity contribution in [2.24, 2.45) is 0 Å². The standard InChI is InChI=1S/C14H10F3NO3S/c15-14(16,17)9-3-5-10(6-4-9)18-12(19)8-21-13(20)11-2-1-7-22-11/h1-7H,8H2,(H,18,19). The summed E-state index contributed by atoms with van der Waals surface area (Å²) in [6, 6.07) is 7.19. The van der Waals surface area contributed by atoms with E-state index in [0.717, 1.165) is 24.3 Å². The Morgan fingerprint density at radius 2 is 1.82 bits per heavy atom. The van der Waals surface area contributed by atoms with Crippen LogP contribution < -0.4 is 5.32 Å². The third kappa shape index (κ3) is 4.32. The highest BCUT2D eigenvalue weighted by Gasteiger charge is 2.29. The van der Waals surface area contributed by atoms with Crippen molar-refractivity contribution in [1.29, 1.82) is 0 Å². The van der Waals surface area contributed by atoms with E-state index in [4.69, 9.17) is 4.74 Å². The predicted octanol–water partition coefficient (Wildman–Crippen LogP) is 3.56. The first kappa shape index (κ1) is 16.0. The lowest BCUT2D eigenvalue weighted by molar-refractivity contribution is -0.137. The fourth-order valence-electron chi connectivity index (χ4n) is 1.54. The van der Waals surface area contributed by atoms with E-state index in [1.165, 1.54) is 11.3 Å². The van der Waals surface area contributed by atoms with E-state index in [1.807, 2.05) is 0 Å². The molecule has 0 atom stereocenters. The number of carbonyl (C=O) groups excluding carboxylic acids is 2. The Bertz CT molecular complexity index is 651. The molecule has 0 saturated heterocycles. The number of rotatable bonds is 4. The van der Waals surface area contributed by atoms with E-state index in [0.29, 0.717) is 4.88 Å². The Morgan fingerprint density at radius 1 is 1.14 bits per heavy atom. The first-order valence-corrected chi connectivity index (χ1v) is 6.92. The molecule has 1 heterocycles. The Labute approximate surface area is 127 Å². The zero-order valence-corrected chi connectivity index (χ0v) is 11.8. The summed E-state index contributed by atoms with van der Waals surface area (Å²) in [6.07, 6.45) is -4.43. The molecule has 0 spiro atoms. The van der Waals surface area contributed by atoms with E-state index in [2.05, 4.69) is 5.32 Å². The van der Waals surface area contributed by atoms with Gasteiger partial charge in [0.15, 0.2) is 6.61 Å². The maximum atomic E-state index is 12.4. The van der Waals surface area contributed by atoms with Crippen molar-refractivity contribution in [3.05, 3.63) is 52.2 Å².